The first-order chi connectivity index (χ1) is 12.8. The van der Waals surface area contributed by atoms with Crippen molar-refractivity contribution in [2.24, 2.45) is 5.41 Å². The fourth-order valence-electron chi connectivity index (χ4n) is 3.46. The van der Waals surface area contributed by atoms with Crippen LogP contribution in [0.15, 0.2) is 28.8 Å². The van der Waals surface area contributed by atoms with Crippen LogP contribution in [0.2, 0.25) is 0 Å². The van der Waals surface area contributed by atoms with Crippen molar-refractivity contribution < 1.29 is 18.8 Å². The maximum Gasteiger partial charge on any atom is 0.253 e. The molecule has 1 aliphatic rings. The number of amides is 1. The van der Waals surface area contributed by atoms with Crippen molar-refractivity contribution >= 4 is 11.7 Å². The van der Waals surface area contributed by atoms with Gasteiger partial charge in [0, 0.05) is 39.1 Å². The van der Waals surface area contributed by atoms with Gasteiger partial charge >= 0.3 is 0 Å². The smallest absolute Gasteiger partial charge is 0.253 e. The zero-order chi connectivity index (χ0) is 19.6. The number of rotatable bonds is 6. The van der Waals surface area contributed by atoms with Crippen LogP contribution in [0.5, 0.6) is 0 Å². The molecule has 0 unspecified atom stereocenters. The van der Waals surface area contributed by atoms with Gasteiger partial charge in [-0.3, -0.25) is 9.59 Å². The molecule has 0 bridgehead atoms. The Balaban J connectivity index is 1.72. The number of carbonyl (C=O) groups excluding carboxylic acids is 2. The number of methoxy groups -OCH3 is 1. The molecule has 1 aromatic heterocycles. The SMILES string of the molecule is COCCN(C)C(=O)c1ccc(Cc2onc3c2C(=O)CC(C)(C)C3)cc1. The molecule has 1 aliphatic carbocycles. The molecule has 27 heavy (non-hydrogen) atoms. The lowest BCUT2D eigenvalue weighted by atomic mass is 9.75. The van der Waals surface area contributed by atoms with E-state index in [4.69, 9.17) is 9.26 Å². The van der Waals surface area contributed by atoms with E-state index >= 15 is 0 Å². The van der Waals surface area contributed by atoms with Crippen LogP contribution in [-0.4, -0.2) is 49.1 Å². The topological polar surface area (TPSA) is 72.6 Å². The van der Waals surface area contributed by atoms with Crippen LogP contribution in [0.25, 0.3) is 0 Å². The summed E-state index contributed by atoms with van der Waals surface area (Å²) in [5, 5.41) is 4.13. The van der Waals surface area contributed by atoms with Crippen LogP contribution in [0.4, 0.5) is 0 Å². The minimum atomic E-state index is -0.0743. The highest BCUT2D eigenvalue weighted by Gasteiger charge is 2.35. The largest absolute Gasteiger partial charge is 0.383 e. The monoisotopic (exact) mass is 370 g/mol. The molecule has 0 saturated heterocycles. The lowest BCUT2D eigenvalue weighted by Crippen LogP contribution is -2.29. The highest BCUT2D eigenvalue weighted by molar-refractivity contribution is 5.99. The summed E-state index contributed by atoms with van der Waals surface area (Å²) in [6.07, 6.45) is 1.75. The first kappa shape index (κ1) is 19.3. The van der Waals surface area contributed by atoms with Crippen LogP contribution < -0.4 is 0 Å². The van der Waals surface area contributed by atoms with E-state index in [0.717, 1.165) is 17.7 Å². The molecule has 1 amide bonds. The molecule has 0 atom stereocenters. The van der Waals surface area contributed by atoms with E-state index in [1.807, 2.05) is 12.1 Å². The first-order valence-electron chi connectivity index (χ1n) is 9.15. The summed E-state index contributed by atoms with van der Waals surface area (Å²) in [5.74, 6) is 0.666. The molecule has 0 radical (unpaired) electrons. The van der Waals surface area contributed by atoms with Crippen molar-refractivity contribution in [3.63, 3.8) is 0 Å². The van der Waals surface area contributed by atoms with Crippen molar-refractivity contribution in [2.75, 3.05) is 27.3 Å². The fourth-order valence-corrected chi connectivity index (χ4v) is 3.46. The fraction of sp³-hybridized carbons (Fsp3) is 0.476. The number of ketones is 1. The van der Waals surface area contributed by atoms with E-state index in [-0.39, 0.29) is 17.1 Å². The van der Waals surface area contributed by atoms with Crippen molar-refractivity contribution in [2.45, 2.75) is 33.1 Å². The maximum atomic E-state index is 12.5. The number of hydrogen-bond acceptors (Lipinski definition) is 5. The Morgan fingerprint density at radius 1 is 1.26 bits per heavy atom. The summed E-state index contributed by atoms with van der Waals surface area (Å²) in [4.78, 5) is 26.5. The van der Waals surface area contributed by atoms with Gasteiger partial charge in [0.2, 0.25) is 0 Å². The van der Waals surface area contributed by atoms with E-state index in [1.165, 1.54) is 0 Å². The number of likely N-dealkylation sites (N-methyl/N-ethyl adjacent to an activating group) is 1. The van der Waals surface area contributed by atoms with Crippen LogP contribution in [0, 0.1) is 5.41 Å². The Bertz CT molecular complexity index is 836. The van der Waals surface area contributed by atoms with Gasteiger partial charge in [0.05, 0.1) is 17.9 Å². The van der Waals surface area contributed by atoms with Gasteiger partial charge in [-0.05, 0) is 29.5 Å². The van der Waals surface area contributed by atoms with Crippen molar-refractivity contribution in [3.05, 3.63) is 52.4 Å². The second-order valence-electron chi connectivity index (χ2n) is 7.96. The van der Waals surface area contributed by atoms with E-state index < -0.39 is 0 Å². The number of nitrogens with zero attached hydrogens (tertiary/aromatic N) is 2. The number of carbonyl (C=O) groups is 2. The molecule has 3 rings (SSSR count). The number of benzene rings is 1. The molecule has 0 fully saturated rings. The summed E-state index contributed by atoms with van der Waals surface area (Å²) >= 11 is 0. The molecule has 0 saturated carbocycles. The second-order valence-corrected chi connectivity index (χ2v) is 7.96. The molecule has 6 nitrogen and oxygen atoms in total. The van der Waals surface area contributed by atoms with Gasteiger partial charge in [0.1, 0.15) is 0 Å². The summed E-state index contributed by atoms with van der Waals surface area (Å²) in [5.41, 5.74) is 2.93. The number of aromatic nitrogens is 1. The normalized spacial score (nSPS) is 15.5. The molecular formula is C21H26N2O4. The maximum absolute atomic E-state index is 12.5. The van der Waals surface area contributed by atoms with Gasteiger partial charge in [-0.15, -0.1) is 0 Å². The quantitative estimate of drug-likeness (QED) is 0.781. The van der Waals surface area contributed by atoms with E-state index in [2.05, 4.69) is 19.0 Å². The zero-order valence-electron chi connectivity index (χ0n) is 16.4. The number of fused-ring (bicyclic) bond motifs is 1. The summed E-state index contributed by atoms with van der Waals surface area (Å²) < 4.78 is 10.5. The van der Waals surface area contributed by atoms with Crippen molar-refractivity contribution in [1.29, 1.82) is 0 Å². The standard InChI is InChI=1S/C21H26N2O4/c1-21(2)12-16-19(17(24)13-21)18(27-22-16)11-14-5-7-15(8-6-14)20(25)23(3)9-10-26-4/h5-8H,9-13H2,1-4H3. The summed E-state index contributed by atoms with van der Waals surface area (Å²) in [6, 6.07) is 7.39. The van der Waals surface area contributed by atoms with Gasteiger partial charge in [-0.1, -0.05) is 31.1 Å². The number of ether oxygens (including phenoxy) is 1. The number of hydrogen-bond donors (Lipinski definition) is 0. The minimum Gasteiger partial charge on any atom is -0.383 e. The van der Waals surface area contributed by atoms with Gasteiger partial charge in [0.15, 0.2) is 11.5 Å². The predicted molar refractivity (Wildman–Crippen MR) is 101 cm³/mol. The van der Waals surface area contributed by atoms with Crippen molar-refractivity contribution in [3.8, 4) is 0 Å². The highest BCUT2D eigenvalue weighted by atomic mass is 16.5. The summed E-state index contributed by atoms with van der Waals surface area (Å²) in [6.45, 7) is 5.19. The molecule has 0 aliphatic heterocycles. The van der Waals surface area contributed by atoms with Gasteiger partial charge < -0.3 is 14.2 Å². The van der Waals surface area contributed by atoms with E-state index in [0.29, 0.717) is 42.9 Å². The molecule has 2 aromatic rings. The van der Waals surface area contributed by atoms with E-state index in [1.54, 1.807) is 31.2 Å². The van der Waals surface area contributed by atoms with Gasteiger partial charge in [-0.2, -0.15) is 0 Å². The lowest BCUT2D eigenvalue weighted by molar-refractivity contribution is 0.0744. The second kappa shape index (κ2) is 7.64. The molecule has 1 heterocycles. The third-order valence-electron chi connectivity index (χ3n) is 4.94. The van der Waals surface area contributed by atoms with E-state index in [9.17, 15) is 9.59 Å². The molecule has 144 valence electrons. The summed E-state index contributed by atoms with van der Waals surface area (Å²) in [7, 11) is 3.37. The Morgan fingerprint density at radius 3 is 2.63 bits per heavy atom. The Labute approximate surface area is 159 Å². The van der Waals surface area contributed by atoms with Crippen LogP contribution in [0.3, 0.4) is 0 Å². The number of Topliss-reactive ketones (excluding diaryl/α,β-unsaturated/α-hetero) is 1. The Morgan fingerprint density at radius 2 is 1.96 bits per heavy atom. The molecule has 0 N–H and O–H groups in total. The average molecular weight is 370 g/mol. The van der Waals surface area contributed by atoms with Gasteiger partial charge in [-0.25, -0.2) is 0 Å². The third-order valence-corrected chi connectivity index (χ3v) is 4.94. The molecule has 0 spiro atoms. The zero-order valence-corrected chi connectivity index (χ0v) is 16.4. The van der Waals surface area contributed by atoms with Gasteiger partial charge in [0.25, 0.3) is 5.91 Å². The first-order valence-corrected chi connectivity index (χ1v) is 9.15. The predicted octanol–water partition coefficient (Wildman–Crippen LogP) is 3.14. The average Bonchev–Trinajstić information content (AvgIpc) is 3.01. The molecule has 1 aromatic carbocycles. The van der Waals surface area contributed by atoms with Crippen LogP contribution >= 0.6 is 0 Å². The lowest BCUT2D eigenvalue weighted by Gasteiger charge is -2.26. The van der Waals surface area contributed by atoms with Crippen molar-refractivity contribution in [1.82, 2.24) is 10.1 Å². The minimum absolute atomic E-state index is 0.0481. The van der Waals surface area contributed by atoms with Crippen LogP contribution in [0.1, 0.15) is 58.0 Å². The molecule has 6 heteroatoms. The third kappa shape index (κ3) is 4.27. The Kier molecular flexibility index (Phi) is 5.46. The van der Waals surface area contributed by atoms with Crippen LogP contribution in [-0.2, 0) is 17.6 Å². The Hall–Kier alpha value is -2.47. The highest BCUT2D eigenvalue weighted by Crippen LogP contribution is 2.36. The molecular weight excluding hydrogens is 344 g/mol.